The van der Waals surface area contributed by atoms with E-state index in [2.05, 4.69) is 15.3 Å². The van der Waals surface area contributed by atoms with E-state index in [1.165, 1.54) is 0 Å². The summed E-state index contributed by atoms with van der Waals surface area (Å²) in [4.78, 5) is 24.4. The Morgan fingerprint density at radius 1 is 1.17 bits per heavy atom. The van der Waals surface area contributed by atoms with Gasteiger partial charge in [0.2, 0.25) is 11.9 Å². The number of carbonyl (C=O) groups excluding carboxylic acids is 1. The molecule has 1 aliphatic carbocycles. The lowest BCUT2D eigenvalue weighted by Crippen LogP contribution is -2.43. The van der Waals surface area contributed by atoms with Gasteiger partial charge in [-0.2, -0.15) is 4.98 Å². The Kier molecular flexibility index (Phi) is 5.17. The minimum Gasteiger partial charge on any atom is -0.490 e. The number of carbonyl (C=O) groups is 1. The number of halogens is 3. The molecule has 1 aliphatic heterocycles. The summed E-state index contributed by atoms with van der Waals surface area (Å²) >= 11 is 0. The molecule has 1 fully saturated rings. The van der Waals surface area contributed by atoms with Gasteiger partial charge in [-0.25, -0.2) is 18.2 Å². The van der Waals surface area contributed by atoms with Crippen LogP contribution < -0.4 is 19.9 Å². The minimum atomic E-state index is -1.50. The van der Waals surface area contributed by atoms with E-state index in [9.17, 15) is 18.0 Å². The van der Waals surface area contributed by atoms with E-state index < -0.39 is 17.5 Å². The van der Waals surface area contributed by atoms with Crippen molar-refractivity contribution < 1.29 is 22.7 Å². The predicted octanol–water partition coefficient (Wildman–Crippen LogP) is 2.88. The normalized spacial score (nSPS) is 20.7. The Hall–Kier alpha value is -3.04. The first-order valence-electron chi connectivity index (χ1n) is 9.64. The molecule has 7 nitrogen and oxygen atoms in total. The fourth-order valence-electron chi connectivity index (χ4n) is 3.76. The first-order valence-corrected chi connectivity index (χ1v) is 9.64. The average molecular weight is 421 g/mol. The number of benzene rings is 1. The highest BCUT2D eigenvalue weighted by atomic mass is 19.2. The van der Waals surface area contributed by atoms with E-state index in [-0.39, 0.29) is 30.2 Å². The first kappa shape index (κ1) is 20.2. The largest absolute Gasteiger partial charge is 0.490 e. The molecule has 2 aliphatic rings. The van der Waals surface area contributed by atoms with Gasteiger partial charge >= 0.3 is 0 Å². The quantitative estimate of drug-likeness (QED) is 0.749. The van der Waals surface area contributed by atoms with Crippen molar-refractivity contribution in [3.8, 4) is 5.75 Å². The molecule has 0 saturated heterocycles. The Bertz CT molecular complexity index is 974. The highest BCUT2D eigenvalue weighted by molar-refractivity contribution is 6.02. The molecule has 1 aromatic carbocycles. The Labute approximate surface area is 171 Å². The van der Waals surface area contributed by atoms with Gasteiger partial charge < -0.3 is 19.9 Å². The van der Waals surface area contributed by atoms with Crippen LogP contribution in [0.5, 0.6) is 5.75 Å². The van der Waals surface area contributed by atoms with Crippen molar-refractivity contribution in [3.05, 3.63) is 35.3 Å². The molecule has 1 N–H and O–H groups in total. The monoisotopic (exact) mass is 421 g/mol. The van der Waals surface area contributed by atoms with Crippen molar-refractivity contribution in [1.82, 2.24) is 9.97 Å². The number of aromatic nitrogens is 2. The van der Waals surface area contributed by atoms with Crippen molar-refractivity contribution in [2.24, 2.45) is 5.92 Å². The van der Waals surface area contributed by atoms with Crippen LogP contribution in [-0.4, -0.2) is 49.2 Å². The average Bonchev–Trinajstić information content (AvgIpc) is 2.65. The number of hydrogen-bond acceptors (Lipinski definition) is 6. The molecule has 0 unspecified atom stereocenters. The van der Waals surface area contributed by atoms with Gasteiger partial charge in [0.05, 0.1) is 18.3 Å². The van der Waals surface area contributed by atoms with E-state index in [4.69, 9.17) is 4.74 Å². The lowest BCUT2D eigenvalue weighted by molar-refractivity contribution is -0.117. The van der Waals surface area contributed by atoms with Gasteiger partial charge in [0.25, 0.3) is 0 Å². The summed E-state index contributed by atoms with van der Waals surface area (Å²) in [5.41, 5.74) is 1.41. The second kappa shape index (κ2) is 7.66. The van der Waals surface area contributed by atoms with Gasteiger partial charge in [-0.3, -0.25) is 4.79 Å². The fourth-order valence-corrected chi connectivity index (χ4v) is 3.76. The number of hydrogen-bond donors (Lipinski definition) is 1. The third-order valence-corrected chi connectivity index (χ3v) is 5.48. The van der Waals surface area contributed by atoms with Crippen LogP contribution in [0.25, 0.3) is 0 Å². The van der Waals surface area contributed by atoms with E-state index in [1.807, 2.05) is 14.0 Å². The van der Waals surface area contributed by atoms with E-state index in [1.54, 1.807) is 16.8 Å². The number of fused-ring (bicyclic) bond motifs is 1. The van der Waals surface area contributed by atoms with Crippen molar-refractivity contribution in [1.29, 1.82) is 0 Å². The molecular weight excluding hydrogens is 399 g/mol. The van der Waals surface area contributed by atoms with Gasteiger partial charge in [-0.05, 0) is 25.7 Å². The zero-order valence-electron chi connectivity index (χ0n) is 16.9. The van der Waals surface area contributed by atoms with Crippen molar-refractivity contribution in [3.63, 3.8) is 0 Å². The van der Waals surface area contributed by atoms with Crippen LogP contribution >= 0.6 is 0 Å². The van der Waals surface area contributed by atoms with Crippen LogP contribution in [0.4, 0.5) is 30.6 Å². The van der Waals surface area contributed by atoms with Gasteiger partial charge in [0.15, 0.2) is 23.3 Å². The topological polar surface area (TPSA) is 70.6 Å². The Morgan fingerprint density at radius 2 is 1.83 bits per heavy atom. The summed E-state index contributed by atoms with van der Waals surface area (Å²) in [6, 6.07) is 1.71. The number of nitrogens with one attached hydrogen (secondary N) is 1. The van der Waals surface area contributed by atoms with Gasteiger partial charge in [0, 0.05) is 32.8 Å². The van der Waals surface area contributed by atoms with Crippen molar-refractivity contribution in [2.75, 3.05) is 42.3 Å². The molecule has 1 aromatic heterocycles. The van der Waals surface area contributed by atoms with E-state index in [0.717, 1.165) is 12.1 Å². The number of amides is 1. The van der Waals surface area contributed by atoms with Crippen molar-refractivity contribution in [2.45, 2.75) is 25.9 Å². The van der Waals surface area contributed by atoms with E-state index in [0.29, 0.717) is 42.5 Å². The second-order valence-corrected chi connectivity index (χ2v) is 7.77. The molecule has 10 heteroatoms. The first-order chi connectivity index (χ1) is 14.2. The van der Waals surface area contributed by atoms with Crippen molar-refractivity contribution >= 4 is 23.4 Å². The second-order valence-electron chi connectivity index (χ2n) is 7.77. The molecule has 2 heterocycles. The minimum absolute atomic E-state index is 0.0150. The third-order valence-electron chi connectivity index (χ3n) is 5.48. The number of ether oxygens (including phenoxy) is 1. The lowest BCUT2D eigenvalue weighted by atomic mass is 9.82. The zero-order valence-corrected chi connectivity index (χ0v) is 16.9. The summed E-state index contributed by atoms with van der Waals surface area (Å²) in [6.07, 6.45) is 1.20. The van der Waals surface area contributed by atoms with Crippen LogP contribution in [0.2, 0.25) is 0 Å². The number of aryl methyl sites for hydroxylation is 1. The smallest absolute Gasteiger partial charge is 0.246 e. The number of anilines is 3. The van der Waals surface area contributed by atoms with Crippen LogP contribution in [0.1, 0.15) is 18.5 Å². The zero-order chi connectivity index (χ0) is 21.6. The van der Waals surface area contributed by atoms with Gasteiger partial charge in [-0.1, -0.05) is 0 Å². The molecule has 0 atom stereocenters. The summed E-state index contributed by atoms with van der Waals surface area (Å²) in [5, 5.41) is 3.22. The molecule has 4 rings (SSSR count). The molecule has 160 valence electrons. The summed E-state index contributed by atoms with van der Waals surface area (Å²) < 4.78 is 45.1. The standard InChI is InChI=1S/C20H22F3N5O2/c1-10-18-19(27(2)9-16(29)28(18)3)26-20(25-10)24-8-11-4-12(5-11)30-13-6-14(21)17(23)15(22)7-13/h6-7,11-12H,4-5,8-9H2,1-3H3,(H,24,25,26). The number of nitrogens with zero attached hydrogens (tertiary/aromatic N) is 4. The number of likely N-dealkylation sites (N-methyl/N-ethyl adjacent to an activating group) is 2. The molecule has 0 spiro atoms. The molecule has 0 radical (unpaired) electrons. The maximum absolute atomic E-state index is 13.3. The fraction of sp³-hybridized carbons (Fsp3) is 0.450. The molecule has 1 amide bonds. The van der Waals surface area contributed by atoms with Crippen LogP contribution in [-0.2, 0) is 4.79 Å². The summed E-state index contributed by atoms with van der Waals surface area (Å²) in [5.74, 6) is -2.60. The third kappa shape index (κ3) is 3.73. The molecule has 0 bridgehead atoms. The predicted molar refractivity (Wildman–Crippen MR) is 105 cm³/mol. The highest BCUT2D eigenvalue weighted by Gasteiger charge is 2.32. The molecule has 1 saturated carbocycles. The summed E-state index contributed by atoms with van der Waals surface area (Å²) in [7, 11) is 3.53. The molecule has 30 heavy (non-hydrogen) atoms. The van der Waals surface area contributed by atoms with E-state index >= 15 is 0 Å². The van der Waals surface area contributed by atoms with Crippen LogP contribution in [0.3, 0.4) is 0 Å². The maximum atomic E-state index is 13.3. The Morgan fingerprint density at radius 3 is 2.50 bits per heavy atom. The number of rotatable bonds is 5. The van der Waals surface area contributed by atoms with Crippen LogP contribution in [0.15, 0.2) is 12.1 Å². The van der Waals surface area contributed by atoms with Gasteiger partial charge in [0.1, 0.15) is 11.4 Å². The molecule has 2 aromatic rings. The molecular formula is C20H22F3N5O2. The van der Waals surface area contributed by atoms with Crippen LogP contribution in [0, 0.1) is 30.3 Å². The maximum Gasteiger partial charge on any atom is 0.246 e. The summed E-state index contributed by atoms with van der Waals surface area (Å²) in [6.45, 7) is 2.71. The lowest BCUT2D eigenvalue weighted by Gasteiger charge is -2.36. The highest BCUT2D eigenvalue weighted by Crippen LogP contribution is 2.35. The Balaban J connectivity index is 1.33. The van der Waals surface area contributed by atoms with Gasteiger partial charge in [-0.15, -0.1) is 0 Å². The SMILES string of the molecule is Cc1nc(NCC2CC(Oc3cc(F)c(F)c(F)c3)C2)nc2c1N(C)C(=O)CN2C.